The number of carbonyl (C=O) groups excluding carboxylic acids is 1. The highest BCUT2D eigenvalue weighted by atomic mass is 16.1. The first-order valence-electron chi connectivity index (χ1n) is 6.99. The first-order chi connectivity index (χ1) is 10.7. The number of carbonyl (C=O) groups is 1. The van der Waals surface area contributed by atoms with Crippen LogP contribution in [-0.4, -0.2) is 10.9 Å². The predicted molar refractivity (Wildman–Crippen MR) is 91.3 cm³/mol. The third-order valence-electron chi connectivity index (χ3n) is 3.62. The average molecular weight is 288 g/mol. The number of para-hydroxylation sites is 1. The second-order valence-corrected chi connectivity index (χ2v) is 5.06. The first kappa shape index (κ1) is 13.9. The molecule has 0 aliphatic carbocycles. The zero-order valence-electron chi connectivity index (χ0n) is 12.0. The van der Waals surface area contributed by atoms with Crippen molar-refractivity contribution in [3.05, 3.63) is 84.1 Å². The van der Waals surface area contributed by atoms with E-state index in [1.165, 1.54) is 0 Å². The van der Waals surface area contributed by atoms with E-state index in [1.54, 1.807) is 12.1 Å². The number of primary amides is 1. The van der Waals surface area contributed by atoms with Crippen LogP contribution in [0.2, 0.25) is 0 Å². The van der Waals surface area contributed by atoms with Crippen molar-refractivity contribution in [1.82, 2.24) is 4.98 Å². The van der Waals surface area contributed by atoms with Crippen LogP contribution in [0.25, 0.3) is 22.6 Å². The van der Waals surface area contributed by atoms with Crippen molar-refractivity contribution < 1.29 is 4.79 Å². The van der Waals surface area contributed by atoms with Crippen molar-refractivity contribution >= 4 is 28.5 Å². The quantitative estimate of drug-likeness (QED) is 0.701. The number of hydrogen-bond donors (Lipinski definition) is 2. The Morgan fingerprint density at radius 1 is 1.05 bits per heavy atom. The van der Waals surface area contributed by atoms with Gasteiger partial charge in [0.1, 0.15) is 0 Å². The summed E-state index contributed by atoms with van der Waals surface area (Å²) in [5, 5.41) is 1.15. The molecular formula is C19H16N2O. The molecule has 0 fully saturated rings. The zero-order valence-corrected chi connectivity index (χ0v) is 12.0. The topological polar surface area (TPSA) is 58.9 Å². The van der Waals surface area contributed by atoms with E-state index in [-0.39, 0.29) is 0 Å². The normalized spacial score (nSPS) is 11.1. The molecule has 0 saturated carbocycles. The third kappa shape index (κ3) is 2.56. The van der Waals surface area contributed by atoms with Gasteiger partial charge in [0.25, 0.3) is 0 Å². The van der Waals surface area contributed by atoms with Crippen LogP contribution in [0.4, 0.5) is 0 Å². The largest absolute Gasteiger partial charge is 0.366 e. The summed E-state index contributed by atoms with van der Waals surface area (Å²) < 4.78 is 0. The van der Waals surface area contributed by atoms with E-state index in [9.17, 15) is 4.79 Å². The van der Waals surface area contributed by atoms with Gasteiger partial charge in [-0.15, -0.1) is 0 Å². The molecule has 0 bridgehead atoms. The lowest BCUT2D eigenvalue weighted by atomic mass is 9.99. The van der Waals surface area contributed by atoms with Crippen molar-refractivity contribution in [2.24, 2.45) is 5.73 Å². The fourth-order valence-electron chi connectivity index (χ4n) is 2.49. The van der Waals surface area contributed by atoms with Crippen LogP contribution in [0.5, 0.6) is 0 Å². The standard InChI is InChI=1S/C19H16N2O/c1-13(15-6-2-3-8-17(15)19(20)22)10-11-14-12-21-18-9-5-4-7-16(14)18/h2-12,21H,1H2,(H2,20,22). The molecule has 0 aliphatic rings. The minimum Gasteiger partial charge on any atom is -0.366 e. The number of H-pyrrole nitrogens is 1. The molecule has 0 unspecified atom stereocenters. The van der Waals surface area contributed by atoms with E-state index >= 15 is 0 Å². The fraction of sp³-hybridized carbons (Fsp3) is 0. The second kappa shape index (κ2) is 5.74. The van der Waals surface area contributed by atoms with E-state index in [0.29, 0.717) is 5.56 Å². The summed E-state index contributed by atoms with van der Waals surface area (Å²) in [7, 11) is 0. The monoisotopic (exact) mass is 288 g/mol. The van der Waals surface area contributed by atoms with Crippen LogP contribution in [0.1, 0.15) is 21.5 Å². The Kier molecular flexibility index (Phi) is 3.62. The van der Waals surface area contributed by atoms with Gasteiger partial charge in [-0.05, 0) is 28.8 Å². The molecule has 108 valence electrons. The van der Waals surface area contributed by atoms with Crippen LogP contribution in [0.3, 0.4) is 0 Å². The number of rotatable bonds is 4. The van der Waals surface area contributed by atoms with Gasteiger partial charge in [0.15, 0.2) is 0 Å². The van der Waals surface area contributed by atoms with E-state index in [4.69, 9.17) is 5.73 Å². The van der Waals surface area contributed by atoms with Gasteiger partial charge < -0.3 is 10.7 Å². The van der Waals surface area contributed by atoms with Gasteiger partial charge in [-0.25, -0.2) is 0 Å². The van der Waals surface area contributed by atoms with Gasteiger partial charge in [0.2, 0.25) is 5.91 Å². The fourth-order valence-corrected chi connectivity index (χ4v) is 2.49. The number of amides is 1. The molecule has 0 spiro atoms. The minimum absolute atomic E-state index is 0.447. The molecule has 3 heteroatoms. The first-order valence-corrected chi connectivity index (χ1v) is 6.99. The van der Waals surface area contributed by atoms with Gasteiger partial charge in [0.05, 0.1) is 0 Å². The number of benzene rings is 2. The molecule has 1 heterocycles. The molecule has 2 aromatic carbocycles. The maximum absolute atomic E-state index is 11.5. The number of nitrogens with two attached hydrogens (primary N) is 1. The van der Waals surface area contributed by atoms with Crippen molar-refractivity contribution in [1.29, 1.82) is 0 Å². The number of aromatic nitrogens is 1. The maximum Gasteiger partial charge on any atom is 0.249 e. The highest BCUT2D eigenvalue weighted by molar-refractivity contribution is 6.00. The Morgan fingerprint density at radius 3 is 2.50 bits per heavy atom. The van der Waals surface area contributed by atoms with Gasteiger partial charge in [-0.2, -0.15) is 0 Å². The minimum atomic E-state index is -0.447. The Hall–Kier alpha value is -3.07. The summed E-state index contributed by atoms with van der Waals surface area (Å²) in [6.45, 7) is 4.04. The number of aromatic amines is 1. The molecular weight excluding hydrogens is 272 g/mol. The average Bonchev–Trinajstić information content (AvgIpc) is 2.96. The molecule has 22 heavy (non-hydrogen) atoms. The summed E-state index contributed by atoms with van der Waals surface area (Å²) in [5.74, 6) is -0.447. The van der Waals surface area contributed by atoms with E-state index in [2.05, 4.69) is 17.6 Å². The van der Waals surface area contributed by atoms with Crippen LogP contribution < -0.4 is 5.73 Å². The van der Waals surface area contributed by atoms with Gasteiger partial charge in [-0.1, -0.05) is 55.1 Å². The zero-order chi connectivity index (χ0) is 15.5. The smallest absolute Gasteiger partial charge is 0.249 e. The highest BCUT2D eigenvalue weighted by Crippen LogP contribution is 2.23. The molecule has 3 aromatic rings. The Bertz CT molecular complexity index is 887. The highest BCUT2D eigenvalue weighted by Gasteiger charge is 2.08. The summed E-state index contributed by atoms with van der Waals surface area (Å²) in [6, 6.07) is 15.3. The number of nitrogens with one attached hydrogen (secondary N) is 1. The summed E-state index contributed by atoms with van der Waals surface area (Å²) >= 11 is 0. The van der Waals surface area contributed by atoms with Crippen LogP contribution in [-0.2, 0) is 0 Å². The van der Waals surface area contributed by atoms with E-state index in [0.717, 1.165) is 27.6 Å². The van der Waals surface area contributed by atoms with Crippen molar-refractivity contribution in [3.63, 3.8) is 0 Å². The predicted octanol–water partition coefficient (Wildman–Crippen LogP) is 3.99. The van der Waals surface area contributed by atoms with Crippen LogP contribution in [0.15, 0.2) is 67.4 Å². The van der Waals surface area contributed by atoms with Gasteiger partial charge >= 0.3 is 0 Å². The Morgan fingerprint density at radius 2 is 1.73 bits per heavy atom. The van der Waals surface area contributed by atoms with Crippen molar-refractivity contribution in [2.75, 3.05) is 0 Å². The molecule has 3 nitrogen and oxygen atoms in total. The third-order valence-corrected chi connectivity index (χ3v) is 3.62. The number of hydrogen-bond acceptors (Lipinski definition) is 1. The lowest BCUT2D eigenvalue weighted by molar-refractivity contribution is 0.1000. The SMILES string of the molecule is C=C(C=Cc1c[nH]c2ccccc12)c1ccccc1C(N)=O. The molecule has 3 rings (SSSR count). The molecule has 3 N–H and O–H groups in total. The molecule has 1 aromatic heterocycles. The summed E-state index contributed by atoms with van der Waals surface area (Å²) in [6.07, 6.45) is 5.84. The number of fused-ring (bicyclic) bond motifs is 1. The summed E-state index contributed by atoms with van der Waals surface area (Å²) in [4.78, 5) is 14.7. The van der Waals surface area contributed by atoms with Gasteiger partial charge in [-0.3, -0.25) is 4.79 Å². The molecule has 0 atom stereocenters. The van der Waals surface area contributed by atoms with Crippen LogP contribution >= 0.6 is 0 Å². The number of allylic oxidation sites excluding steroid dienone is 2. The van der Waals surface area contributed by atoms with Crippen LogP contribution in [0, 0.1) is 0 Å². The lowest BCUT2D eigenvalue weighted by Gasteiger charge is -2.05. The van der Waals surface area contributed by atoms with Crippen molar-refractivity contribution in [2.45, 2.75) is 0 Å². The Labute approximate surface area is 128 Å². The maximum atomic E-state index is 11.5. The Balaban J connectivity index is 1.93. The second-order valence-electron chi connectivity index (χ2n) is 5.06. The molecule has 0 radical (unpaired) electrons. The van der Waals surface area contributed by atoms with Crippen molar-refractivity contribution in [3.8, 4) is 0 Å². The summed E-state index contributed by atoms with van der Waals surface area (Å²) in [5.41, 5.74) is 9.56. The molecule has 1 amide bonds. The molecule has 0 aliphatic heterocycles. The van der Waals surface area contributed by atoms with E-state index < -0.39 is 5.91 Å². The molecule has 0 saturated heterocycles. The van der Waals surface area contributed by atoms with Gasteiger partial charge in [0, 0.05) is 22.7 Å². The lowest BCUT2D eigenvalue weighted by Crippen LogP contribution is -2.12. The van der Waals surface area contributed by atoms with E-state index in [1.807, 2.05) is 48.7 Å².